The van der Waals surface area contributed by atoms with Crippen molar-refractivity contribution in [3.05, 3.63) is 0 Å². The highest BCUT2D eigenvalue weighted by Gasteiger charge is 2.34. The van der Waals surface area contributed by atoms with E-state index in [1.165, 1.54) is 12.8 Å². The van der Waals surface area contributed by atoms with Gasteiger partial charge in [-0.25, -0.2) is 0 Å². The molecular formula is C7H12O2. The Hall–Kier alpha value is -0.0800. The Labute approximate surface area is 55.1 Å². The summed E-state index contributed by atoms with van der Waals surface area (Å²) in [5.74, 6) is 0.615. The Balaban J connectivity index is 2.05. The molecule has 2 fully saturated rings. The normalized spacial score (nSPS) is 49.7. The minimum atomic E-state index is 0.128. The summed E-state index contributed by atoms with van der Waals surface area (Å²) in [5, 5.41) is 0. The van der Waals surface area contributed by atoms with Crippen molar-refractivity contribution in [3.63, 3.8) is 0 Å². The van der Waals surface area contributed by atoms with Gasteiger partial charge < -0.3 is 9.47 Å². The summed E-state index contributed by atoms with van der Waals surface area (Å²) in [5.41, 5.74) is 0. The number of hydrogen-bond acceptors (Lipinski definition) is 2. The van der Waals surface area contributed by atoms with Crippen LogP contribution in [0.4, 0.5) is 0 Å². The van der Waals surface area contributed by atoms with Crippen molar-refractivity contribution < 1.29 is 9.47 Å². The zero-order valence-electron chi connectivity index (χ0n) is 5.67. The molecule has 2 heterocycles. The van der Waals surface area contributed by atoms with Crippen molar-refractivity contribution in [2.24, 2.45) is 5.92 Å². The predicted molar refractivity (Wildman–Crippen MR) is 33.0 cm³/mol. The van der Waals surface area contributed by atoms with Gasteiger partial charge in [-0.3, -0.25) is 0 Å². The van der Waals surface area contributed by atoms with E-state index in [0.29, 0.717) is 12.0 Å². The van der Waals surface area contributed by atoms with Crippen LogP contribution in [0.5, 0.6) is 0 Å². The second kappa shape index (κ2) is 1.96. The monoisotopic (exact) mass is 128 g/mol. The molecule has 9 heavy (non-hydrogen) atoms. The van der Waals surface area contributed by atoms with Crippen LogP contribution in [0.3, 0.4) is 0 Å². The maximum atomic E-state index is 5.49. The molecule has 0 N–H and O–H groups in total. The number of fused-ring (bicyclic) bond motifs is 2. The lowest BCUT2D eigenvalue weighted by Crippen LogP contribution is -2.25. The molecule has 52 valence electrons. The van der Waals surface area contributed by atoms with Gasteiger partial charge in [-0.1, -0.05) is 6.92 Å². The third kappa shape index (κ3) is 0.864. The van der Waals surface area contributed by atoms with Crippen molar-refractivity contribution in [3.8, 4) is 0 Å². The third-order valence-electron chi connectivity index (χ3n) is 2.18. The summed E-state index contributed by atoms with van der Waals surface area (Å²) in [6.07, 6.45) is 3.02. The van der Waals surface area contributed by atoms with Crippen LogP contribution in [0.15, 0.2) is 0 Å². The Bertz CT molecular complexity index is 113. The van der Waals surface area contributed by atoms with Crippen LogP contribution < -0.4 is 0 Å². The SMILES string of the molecule is C[C@@H]1CC[C@H]2CO[C@@H]1O2. The lowest BCUT2D eigenvalue weighted by molar-refractivity contribution is -0.115. The van der Waals surface area contributed by atoms with Gasteiger partial charge >= 0.3 is 0 Å². The maximum absolute atomic E-state index is 5.49. The maximum Gasteiger partial charge on any atom is 0.160 e. The minimum Gasteiger partial charge on any atom is -0.350 e. The molecule has 0 spiro atoms. The molecule has 2 nitrogen and oxygen atoms in total. The largest absolute Gasteiger partial charge is 0.350 e. The standard InChI is InChI=1S/C7H12O2/c1-5-2-3-6-4-8-7(5)9-6/h5-7H,2-4H2,1H3/t5-,6+,7-/m1/s1. The third-order valence-corrected chi connectivity index (χ3v) is 2.18. The van der Waals surface area contributed by atoms with E-state index in [1.54, 1.807) is 0 Å². The van der Waals surface area contributed by atoms with Crippen LogP contribution in [-0.4, -0.2) is 19.0 Å². The van der Waals surface area contributed by atoms with Gasteiger partial charge in [0.15, 0.2) is 6.29 Å². The van der Waals surface area contributed by atoms with Gasteiger partial charge in [0.2, 0.25) is 0 Å². The molecule has 0 saturated carbocycles. The van der Waals surface area contributed by atoms with Gasteiger partial charge in [0.25, 0.3) is 0 Å². The van der Waals surface area contributed by atoms with Gasteiger partial charge in [0.05, 0.1) is 12.7 Å². The molecule has 2 saturated heterocycles. The molecule has 2 rings (SSSR count). The van der Waals surface area contributed by atoms with E-state index >= 15 is 0 Å². The molecular weight excluding hydrogens is 116 g/mol. The van der Waals surface area contributed by atoms with E-state index in [1.807, 2.05) is 0 Å². The molecule has 2 aliphatic heterocycles. The number of hydrogen-bond donors (Lipinski definition) is 0. The molecule has 2 bridgehead atoms. The first-order chi connectivity index (χ1) is 4.36. The summed E-state index contributed by atoms with van der Waals surface area (Å²) in [6.45, 7) is 3.02. The summed E-state index contributed by atoms with van der Waals surface area (Å²) < 4.78 is 10.9. The zero-order chi connectivity index (χ0) is 6.27. The smallest absolute Gasteiger partial charge is 0.160 e. The highest BCUT2D eigenvalue weighted by Crippen LogP contribution is 2.30. The average Bonchev–Trinajstić information content (AvgIpc) is 2.25. The second-order valence-electron chi connectivity index (χ2n) is 3.01. The molecule has 0 radical (unpaired) electrons. The van der Waals surface area contributed by atoms with Crippen LogP contribution in [0.25, 0.3) is 0 Å². The Morgan fingerprint density at radius 2 is 2.22 bits per heavy atom. The van der Waals surface area contributed by atoms with E-state index in [9.17, 15) is 0 Å². The number of rotatable bonds is 0. The molecule has 0 amide bonds. The van der Waals surface area contributed by atoms with Gasteiger partial charge in [0, 0.05) is 5.92 Å². The van der Waals surface area contributed by atoms with Crippen LogP contribution in [0, 0.1) is 5.92 Å². The van der Waals surface area contributed by atoms with E-state index < -0.39 is 0 Å². The summed E-state index contributed by atoms with van der Waals surface area (Å²) in [7, 11) is 0. The van der Waals surface area contributed by atoms with Gasteiger partial charge in [-0.05, 0) is 12.8 Å². The summed E-state index contributed by atoms with van der Waals surface area (Å²) >= 11 is 0. The Morgan fingerprint density at radius 1 is 1.33 bits per heavy atom. The van der Waals surface area contributed by atoms with Crippen LogP contribution >= 0.6 is 0 Å². The van der Waals surface area contributed by atoms with Crippen LogP contribution in [0.1, 0.15) is 19.8 Å². The van der Waals surface area contributed by atoms with Crippen molar-refractivity contribution in [1.82, 2.24) is 0 Å². The van der Waals surface area contributed by atoms with Gasteiger partial charge in [-0.2, -0.15) is 0 Å². The van der Waals surface area contributed by atoms with Gasteiger partial charge in [-0.15, -0.1) is 0 Å². The fraction of sp³-hybridized carbons (Fsp3) is 1.00. The van der Waals surface area contributed by atoms with E-state index in [4.69, 9.17) is 9.47 Å². The molecule has 0 aromatic rings. The first kappa shape index (κ1) is 5.69. The quantitative estimate of drug-likeness (QED) is 0.487. The topological polar surface area (TPSA) is 18.5 Å². The lowest BCUT2D eigenvalue weighted by atomic mass is 10.0. The minimum absolute atomic E-state index is 0.128. The number of ether oxygens (including phenoxy) is 2. The van der Waals surface area contributed by atoms with Crippen LogP contribution in [0.2, 0.25) is 0 Å². The molecule has 2 heteroatoms. The Morgan fingerprint density at radius 3 is 3.00 bits per heavy atom. The first-order valence-electron chi connectivity index (χ1n) is 3.63. The summed E-state index contributed by atoms with van der Waals surface area (Å²) in [6, 6.07) is 0. The van der Waals surface area contributed by atoms with E-state index in [2.05, 4.69) is 6.92 Å². The molecule has 0 aromatic carbocycles. The highest BCUT2D eigenvalue weighted by molar-refractivity contribution is 4.76. The summed E-state index contributed by atoms with van der Waals surface area (Å²) in [4.78, 5) is 0. The molecule has 0 aliphatic carbocycles. The van der Waals surface area contributed by atoms with Crippen molar-refractivity contribution in [1.29, 1.82) is 0 Å². The fourth-order valence-electron chi connectivity index (χ4n) is 1.51. The predicted octanol–water partition coefficient (Wildman–Crippen LogP) is 1.16. The zero-order valence-corrected chi connectivity index (χ0v) is 5.67. The van der Waals surface area contributed by atoms with Crippen molar-refractivity contribution >= 4 is 0 Å². The van der Waals surface area contributed by atoms with E-state index in [0.717, 1.165) is 6.61 Å². The Kier molecular flexibility index (Phi) is 1.24. The van der Waals surface area contributed by atoms with Crippen molar-refractivity contribution in [2.75, 3.05) is 6.61 Å². The first-order valence-corrected chi connectivity index (χ1v) is 3.63. The second-order valence-corrected chi connectivity index (χ2v) is 3.01. The lowest BCUT2D eigenvalue weighted by Gasteiger charge is -2.23. The molecule has 0 aromatic heterocycles. The fourth-order valence-corrected chi connectivity index (χ4v) is 1.51. The highest BCUT2D eigenvalue weighted by atomic mass is 16.7. The average molecular weight is 128 g/mol. The molecule has 2 aliphatic rings. The van der Waals surface area contributed by atoms with E-state index in [-0.39, 0.29) is 6.29 Å². The molecule has 0 unspecified atom stereocenters. The van der Waals surface area contributed by atoms with Crippen LogP contribution in [-0.2, 0) is 9.47 Å². The molecule has 3 atom stereocenters. The van der Waals surface area contributed by atoms with Gasteiger partial charge in [0.1, 0.15) is 0 Å². The van der Waals surface area contributed by atoms with Crippen molar-refractivity contribution in [2.45, 2.75) is 32.2 Å².